The third-order valence-electron chi connectivity index (χ3n) is 3.63. The van der Waals surface area contributed by atoms with Crippen molar-refractivity contribution in [3.05, 3.63) is 35.1 Å². The van der Waals surface area contributed by atoms with E-state index >= 15 is 0 Å². The third kappa shape index (κ3) is 5.70. The largest absolute Gasteiger partial charge is 0.319 e. The standard InChI is InChI=1S/C16H27FN2/c1-12(2)15(10-18-4)11-19-8-7-14-5-6-16(17)13(3)9-14/h5-6,9,12,15,18-19H,7-8,10-11H2,1-4H3. The van der Waals surface area contributed by atoms with Gasteiger partial charge in [0.05, 0.1) is 0 Å². The number of halogens is 1. The van der Waals surface area contributed by atoms with Crippen LogP contribution in [0.4, 0.5) is 4.39 Å². The average Bonchev–Trinajstić information content (AvgIpc) is 2.37. The van der Waals surface area contributed by atoms with Crippen molar-refractivity contribution in [1.29, 1.82) is 0 Å². The summed E-state index contributed by atoms with van der Waals surface area (Å²) in [5, 5.41) is 6.74. The van der Waals surface area contributed by atoms with Gasteiger partial charge in [-0.05, 0) is 69.1 Å². The lowest BCUT2D eigenvalue weighted by molar-refractivity contribution is 0.354. The van der Waals surface area contributed by atoms with Gasteiger partial charge in [0.15, 0.2) is 0 Å². The van der Waals surface area contributed by atoms with Gasteiger partial charge in [0.1, 0.15) is 5.82 Å². The summed E-state index contributed by atoms with van der Waals surface area (Å²) in [6.45, 7) is 9.34. The van der Waals surface area contributed by atoms with Crippen LogP contribution >= 0.6 is 0 Å². The Morgan fingerprint density at radius 1 is 1.21 bits per heavy atom. The van der Waals surface area contributed by atoms with E-state index in [1.165, 1.54) is 5.56 Å². The molecule has 0 spiro atoms. The van der Waals surface area contributed by atoms with Crippen LogP contribution in [-0.2, 0) is 6.42 Å². The Balaban J connectivity index is 2.31. The lowest BCUT2D eigenvalue weighted by Crippen LogP contribution is -2.34. The van der Waals surface area contributed by atoms with E-state index in [9.17, 15) is 4.39 Å². The second-order valence-electron chi connectivity index (χ2n) is 5.60. The van der Waals surface area contributed by atoms with Gasteiger partial charge in [-0.1, -0.05) is 26.0 Å². The third-order valence-corrected chi connectivity index (χ3v) is 3.63. The highest BCUT2D eigenvalue weighted by Crippen LogP contribution is 2.10. The quantitative estimate of drug-likeness (QED) is 0.707. The number of benzene rings is 1. The van der Waals surface area contributed by atoms with Gasteiger partial charge in [0.2, 0.25) is 0 Å². The van der Waals surface area contributed by atoms with Gasteiger partial charge in [0, 0.05) is 0 Å². The van der Waals surface area contributed by atoms with Gasteiger partial charge in [-0.15, -0.1) is 0 Å². The topological polar surface area (TPSA) is 24.1 Å². The molecule has 1 atom stereocenters. The maximum absolute atomic E-state index is 13.1. The van der Waals surface area contributed by atoms with Crippen molar-refractivity contribution in [1.82, 2.24) is 10.6 Å². The zero-order valence-electron chi connectivity index (χ0n) is 12.6. The van der Waals surface area contributed by atoms with E-state index in [4.69, 9.17) is 0 Å². The summed E-state index contributed by atoms with van der Waals surface area (Å²) in [5.41, 5.74) is 1.92. The molecule has 0 aliphatic rings. The maximum Gasteiger partial charge on any atom is 0.126 e. The second kappa shape index (κ2) is 8.28. The van der Waals surface area contributed by atoms with E-state index < -0.39 is 0 Å². The molecule has 1 rings (SSSR count). The van der Waals surface area contributed by atoms with Crippen molar-refractivity contribution in [3.8, 4) is 0 Å². The predicted octanol–water partition coefficient (Wildman–Crippen LogP) is 2.76. The van der Waals surface area contributed by atoms with E-state index in [-0.39, 0.29) is 5.82 Å². The fourth-order valence-corrected chi connectivity index (χ4v) is 2.19. The molecule has 0 radical (unpaired) electrons. The van der Waals surface area contributed by atoms with E-state index in [0.717, 1.165) is 31.6 Å². The Hall–Kier alpha value is -0.930. The van der Waals surface area contributed by atoms with Crippen LogP contribution in [0.2, 0.25) is 0 Å². The summed E-state index contributed by atoms with van der Waals surface area (Å²) < 4.78 is 13.1. The molecule has 1 unspecified atom stereocenters. The molecule has 0 aliphatic heterocycles. The van der Waals surface area contributed by atoms with Gasteiger partial charge >= 0.3 is 0 Å². The summed E-state index contributed by atoms with van der Waals surface area (Å²) in [4.78, 5) is 0. The second-order valence-corrected chi connectivity index (χ2v) is 5.60. The summed E-state index contributed by atoms with van der Waals surface area (Å²) in [6, 6.07) is 5.37. The van der Waals surface area contributed by atoms with Gasteiger partial charge in [0.25, 0.3) is 0 Å². The zero-order valence-corrected chi connectivity index (χ0v) is 12.6. The van der Waals surface area contributed by atoms with Crippen LogP contribution in [0.3, 0.4) is 0 Å². The lowest BCUT2D eigenvalue weighted by Gasteiger charge is -2.21. The maximum atomic E-state index is 13.1. The van der Waals surface area contributed by atoms with Gasteiger partial charge in [-0.25, -0.2) is 4.39 Å². The van der Waals surface area contributed by atoms with E-state index in [1.807, 2.05) is 26.1 Å². The molecule has 3 heteroatoms. The number of hydrogen-bond acceptors (Lipinski definition) is 2. The Bertz CT molecular complexity index is 377. The summed E-state index contributed by atoms with van der Waals surface area (Å²) in [5.74, 6) is 1.21. The molecule has 108 valence electrons. The number of hydrogen-bond donors (Lipinski definition) is 2. The minimum absolute atomic E-state index is 0.120. The monoisotopic (exact) mass is 266 g/mol. The normalized spacial score (nSPS) is 12.9. The Morgan fingerprint density at radius 2 is 1.95 bits per heavy atom. The van der Waals surface area contributed by atoms with E-state index in [0.29, 0.717) is 11.8 Å². The fourth-order valence-electron chi connectivity index (χ4n) is 2.19. The molecule has 0 amide bonds. The molecule has 0 heterocycles. The van der Waals surface area contributed by atoms with Crippen LogP contribution in [0.1, 0.15) is 25.0 Å². The highest BCUT2D eigenvalue weighted by molar-refractivity contribution is 5.24. The molecular weight excluding hydrogens is 239 g/mol. The highest BCUT2D eigenvalue weighted by atomic mass is 19.1. The van der Waals surface area contributed by atoms with Crippen molar-refractivity contribution in [2.24, 2.45) is 11.8 Å². The van der Waals surface area contributed by atoms with Crippen LogP contribution in [-0.4, -0.2) is 26.7 Å². The molecule has 2 nitrogen and oxygen atoms in total. The van der Waals surface area contributed by atoms with Crippen LogP contribution in [0.25, 0.3) is 0 Å². The highest BCUT2D eigenvalue weighted by Gasteiger charge is 2.11. The first kappa shape index (κ1) is 16.1. The summed E-state index contributed by atoms with van der Waals surface area (Å²) in [7, 11) is 2.00. The molecule has 0 aliphatic carbocycles. The number of rotatable bonds is 8. The van der Waals surface area contributed by atoms with Crippen LogP contribution < -0.4 is 10.6 Å². The molecular formula is C16H27FN2. The number of nitrogens with one attached hydrogen (secondary N) is 2. The first-order chi connectivity index (χ1) is 9.04. The molecule has 0 saturated carbocycles. The molecule has 0 saturated heterocycles. The number of aryl methyl sites for hydroxylation is 1. The zero-order chi connectivity index (χ0) is 14.3. The summed E-state index contributed by atoms with van der Waals surface area (Å²) >= 11 is 0. The molecule has 19 heavy (non-hydrogen) atoms. The molecule has 1 aromatic rings. The van der Waals surface area contributed by atoms with Crippen molar-refractivity contribution in [3.63, 3.8) is 0 Å². The van der Waals surface area contributed by atoms with Crippen molar-refractivity contribution >= 4 is 0 Å². The average molecular weight is 266 g/mol. The van der Waals surface area contributed by atoms with Crippen molar-refractivity contribution in [2.75, 3.05) is 26.7 Å². The van der Waals surface area contributed by atoms with E-state index in [2.05, 4.69) is 24.5 Å². The Kier molecular flexibility index (Phi) is 7.03. The van der Waals surface area contributed by atoms with Crippen LogP contribution in [0.5, 0.6) is 0 Å². The molecule has 0 aromatic heterocycles. The fraction of sp³-hybridized carbons (Fsp3) is 0.625. The Labute approximate surface area is 116 Å². The van der Waals surface area contributed by atoms with Crippen molar-refractivity contribution < 1.29 is 4.39 Å². The molecule has 0 fully saturated rings. The lowest BCUT2D eigenvalue weighted by atomic mass is 9.96. The molecule has 0 bridgehead atoms. The van der Waals surface area contributed by atoms with E-state index in [1.54, 1.807) is 6.07 Å². The summed E-state index contributed by atoms with van der Waals surface area (Å²) in [6.07, 6.45) is 0.950. The first-order valence-electron chi connectivity index (χ1n) is 7.15. The SMILES string of the molecule is CNCC(CNCCc1ccc(F)c(C)c1)C(C)C. The van der Waals surface area contributed by atoms with Crippen molar-refractivity contribution in [2.45, 2.75) is 27.2 Å². The van der Waals surface area contributed by atoms with Gasteiger partial charge in [-0.3, -0.25) is 0 Å². The van der Waals surface area contributed by atoms with Gasteiger partial charge < -0.3 is 10.6 Å². The first-order valence-corrected chi connectivity index (χ1v) is 7.15. The minimum Gasteiger partial charge on any atom is -0.319 e. The molecule has 1 aromatic carbocycles. The van der Waals surface area contributed by atoms with Crippen LogP contribution in [0.15, 0.2) is 18.2 Å². The smallest absolute Gasteiger partial charge is 0.126 e. The van der Waals surface area contributed by atoms with Gasteiger partial charge in [-0.2, -0.15) is 0 Å². The van der Waals surface area contributed by atoms with Crippen LogP contribution in [0, 0.1) is 24.6 Å². The minimum atomic E-state index is -0.120. The molecule has 2 N–H and O–H groups in total. The predicted molar refractivity (Wildman–Crippen MR) is 80.0 cm³/mol. The Morgan fingerprint density at radius 3 is 2.53 bits per heavy atom.